The molecule has 0 amide bonds. The third-order valence-corrected chi connectivity index (χ3v) is 4.07. The number of fused-ring (bicyclic) bond motifs is 1. The monoisotopic (exact) mass is 214 g/mol. The van der Waals surface area contributed by atoms with Crippen LogP contribution in [-0.2, 0) is 0 Å². The van der Waals surface area contributed by atoms with E-state index in [1.54, 1.807) is 11.3 Å². The molecule has 12 heavy (non-hydrogen) atoms. The SMILES string of the molecule is Cc1c(S)sc2c(Cl)cccc12. The van der Waals surface area contributed by atoms with Crippen LogP contribution in [0, 0.1) is 6.92 Å². The predicted molar refractivity (Wildman–Crippen MR) is 58.8 cm³/mol. The van der Waals surface area contributed by atoms with Gasteiger partial charge in [-0.2, -0.15) is 0 Å². The van der Waals surface area contributed by atoms with Crippen molar-refractivity contribution >= 4 is 45.7 Å². The molecule has 0 aliphatic heterocycles. The molecule has 0 nitrogen and oxygen atoms in total. The molecule has 62 valence electrons. The molecule has 0 atom stereocenters. The van der Waals surface area contributed by atoms with Crippen LogP contribution in [0.3, 0.4) is 0 Å². The van der Waals surface area contributed by atoms with E-state index in [1.165, 1.54) is 10.9 Å². The van der Waals surface area contributed by atoms with Gasteiger partial charge >= 0.3 is 0 Å². The Bertz CT molecular complexity index is 431. The van der Waals surface area contributed by atoms with Crippen molar-refractivity contribution in [2.24, 2.45) is 0 Å². The van der Waals surface area contributed by atoms with Crippen molar-refractivity contribution in [3.63, 3.8) is 0 Å². The van der Waals surface area contributed by atoms with Crippen LogP contribution in [0.4, 0.5) is 0 Å². The Hall–Kier alpha value is -0.180. The molecule has 0 aliphatic carbocycles. The number of hydrogen-bond donors (Lipinski definition) is 1. The maximum Gasteiger partial charge on any atom is 0.0610 e. The number of halogens is 1. The zero-order valence-electron chi connectivity index (χ0n) is 6.47. The van der Waals surface area contributed by atoms with Crippen LogP contribution in [0.5, 0.6) is 0 Å². The molecule has 0 fully saturated rings. The molecule has 0 aliphatic rings. The van der Waals surface area contributed by atoms with E-state index in [2.05, 4.69) is 25.6 Å². The minimum Gasteiger partial charge on any atom is -0.133 e. The smallest absolute Gasteiger partial charge is 0.0610 e. The normalized spacial score (nSPS) is 10.9. The fourth-order valence-electron chi connectivity index (χ4n) is 1.20. The molecule has 0 saturated carbocycles. The zero-order valence-corrected chi connectivity index (χ0v) is 8.93. The minimum absolute atomic E-state index is 0.820. The minimum atomic E-state index is 0.820. The standard InChI is InChI=1S/C9H7ClS2/c1-5-6-3-2-4-7(10)8(6)12-9(5)11/h2-4,11H,1H3. The lowest BCUT2D eigenvalue weighted by molar-refractivity contribution is 1.47. The fourth-order valence-corrected chi connectivity index (χ4v) is 2.83. The van der Waals surface area contributed by atoms with Crippen LogP contribution in [0.15, 0.2) is 22.4 Å². The number of thiophene rings is 1. The van der Waals surface area contributed by atoms with Crippen molar-refractivity contribution in [2.45, 2.75) is 11.1 Å². The summed E-state index contributed by atoms with van der Waals surface area (Å²) in [5.74, 6) is 0. The van der Waals surface area contributed by atoms with Crippen LogP contribution in [0.1, 0.15) is 5.56 Å². The number of thiol groups is 1. The Labute approximate surface area is 85.6 Å². The lowest BCUT2D eigenvalue weighted by Crippen LogP contribution is -1.68. The van der Waals surface area contributed by atoms with Gasteiger partial charge in [-0.05, 0) is 23.9 Å². The Morgan fingerprint density at radius 2 is 2.17 bits per heavy atom. The van der Waals surface area contributed by atoms with Crippen molar-refractivity contribution in [3.05, 3.63) is 28.8 Å². The number of aryl methyl sites for hydroxylation is 1. The molecule has 1 aromatic carbocycles. The highest BCUT2D eigenvalue weighted by molar-refractivity contribution is 7.83. The lowest BCUT2D eigenvalue weighted by atomic mass is 10.2. The van der Waals surface area contributed by atoms with Gasteiger partial charge in [-0.3, -0.25) is 0 Å². The maximum absolute atomic E-state index is 6.02. The van der Waals surface area contributed by atoms with Gasteiger partial charge in [0.05, 0.1) is 13.9 Å². The second kappa shape index (κ2) is 2.95. The first-order chi connectivity index (χ1) is 5.70. The van der Waals surface area contributed by atoms with Crippen LogP contribution in [0.25, 0.3) is 10.1 Å². The molecule has 0 spiro atoms. The fraction of sp³-hybridized carbons (Fsp3) is 0.111. The molecule has 1 aromatic heterocycles. The van der Waals surface area contributed by atoms with Crippen molar-refractivity contribution in [2.75, 3.05) is 0 Å². The summed E-state index contributed by atoms with van der Waals surface area (Å²) in [6.45, 7) is 2.07. The van der Waals surface area contributed by atoms with E-state index in [4.69, 9.17) is 11.6 Å². The highest BCUT2D eigenvalue weighted by Gasteiger charge is 2.06. The largest absolute Gasteiger partial charge is 0.133 e. The molecule has 2 aromatic rings. The van der Waals surface area contributed by atoms with Gasteiger partial charge in [0.1, 0.15) is 0 Å². The van der Waals surface area contributed by atoms with E-state index >= 15 is 0 Å². The van der Waals surface area contributed by atoms with E-state index in [0.717, 1.165) is 13.9 Å². The quantitative estimate of drug-likeness (QED) is 0.626. The van der Waals surface area contributed by atoms with Crippen molar-refractivity contribution in [3.8, 4) is 0 Å². The zero-order chi connectivity index (χ0) is 8.72. The molecule has 0 bridgehead atoms. The Balaban J connectivity index is 2.95. The molecular weight excluding hydrogens is 208 g/mol. The average Bonchev–Trinajstić information content (AvgIpc) is 2.32. The summed E-state index contributed by atoms with van der Waals surface area (Å²) in [5, 5.41) is 2.04. The van der Waals surface area contributed by atoms with Gasteiger partial charge in [0, 0.05) is 0 Å². The maximum atomic E-state index is 6.02. The second-order valence-electron chi connectivity index (χ2n) is 2.65. The van der Waals surface area contributed by atoms with Gasteiger partial charge < -0.3 is 0 Å². The van der Waals surface area contributed by atoms with Crippen LogP contribution >= 0.6 is 35.6 Å². The van der Waals surface area contributed by atoms with Gasteiger partial charge in [0.15, 0.2) is 0 Å². The molecule has 0 radical (unpaired) electrons. The second-order valence-corrected chi connectivity index (χ2v) is 4.83. The van der Waals surface area contributed by atoms with Gasteiger partial charge in [-0.1, -0.05) is 23.7 Å². The van der Waals surface area contributed by atoms with Gasteiger partial charge in [-0.15, -0.1) is 24.0 Å². The Kier molecular flexibility index (Phi) is 2.07. The third-order valence-electron chi connectivity index (χ3n) is 1.89. The summed E-state index contributed by atoms with van der Waals surface area (Å²) in [6, 6.07) is 5.96. The molecule has 2 rings (SSSR count). The van der Waals surface area contributed by atoms with Gasteiger partial charge in [-0.25, -0.2) is 0 Å². The Morgan fingerprint density at radius 3 is 2.83 bits per heavy atom. The predicted octanol–water partition coefficient (Wildman–Crippen LogP) is 4.15. The molecule has 0 saturated heterocycles. The third kappa shape index (κ3) is 1.15. The molecule has 0 unspecified atom stereocenters. The molecule has 1 heterocycles. The van der Waals surface area contributed by atoms with E-state index in [1.807, 2.05) is 12.1 Å². The van der Waals surface area contributed by atoms with Crippen LogP contribution in [-0.4, -0.2) is 0 Å². The first-order valence-electron chi connectivity index (χ1n) is 3.56. The number of rotatable bonds is 0. The van der Waals surface area contributed by atoms with E-state index in [-0.39, 0.29) is 0 Å². The van der Waals surface area contributed by atoms with E-state index in [9.17, 15) is 0 Å². The highest BCUT2D eigenvalue weighted by atomic mass is 35.5. The van der Waals surface area contributed by atoms with Crippen LogP contribution < -0.4 is 0 Å². The van der Waals surface area contributed by atoms with Gasteiger partial charge in [0.2, 0.25) is 0 Å². The summed E-state index contributed by atoms with van der Waals surface area (Å²) >= 11 is 12.0. The first kappa shape index (κ1) is 8.42. The number of benzene rings is 1. The molecule has 3 heteroatoms. The highest BCUT2D eigenvalue weighted by Crippen LogP contribution is 2.37. The summed E-state index contributed by atoms with van der Waals surface area (Å²) < 4.78 is 2.19. The number of hydrogen-bond acceptors (Lipinski definition) is 2. The van der Waals surface area contributed by atoms with Crippen molar-refractivity contribution in [1.29, 1.82) is 0 Å². The van der Waals surface area contributed by atoms with E-state index in [0.29, 0.717) is 0 Å². The summed E-state index contributed by atoms with van der Waals surface area (Å²) in [7, 11) is 0. The average molecular weight is 215 g/mol. The van der Waals surface area contributed by atoms with Crippen molar-refractivity contribution < 1.29 is 0 Å². The van der Waals surface area contributed by atoms with Crippen molar-refractivity contribution in [1.82, 2.24) is 0 Å². The summed E-state index contributed by atoms with van der Waals surface area (Å²) in [5.41, 5.74) is 1.22. The lowest BCUT2D eigenvalue weighted by Gasteiger charge is -1.92. The molecular formula is C9H7ClS2. The van der Waals surface area contributed by atoms with Gasteiger partial charge in [0.25, 0.3) is 0 Å². The van der Waals surface area contributed by atoms with Crippen LogP contribution in [0.2, 0.25) is 5.02 Å². The first-order valence-corrected chi connectivity index (χ1v) is 5.21. The molecule has 0 N–H and O–H groups in total. The summed E-state index contributed by atoms with van der Waals surface area (Å²) in [4.78, 5) is 0. The topological polar surface area (TPSA) is 0 Å². The Morgan fingerprint density at radius 1 is 1.42 bits per heavy atom. The summed E-state index contributed by atoms with van der Waals surface area (Å²) in [6.07, 6.45) is 0. The van der Waals surface area contributed by atoms with E-state index < -0.39 is 0 Å².